The van der Waals surface area contributed by atoms with Crippen LogP contribution in [0.1, 0.15) is 17.6 Å². The smallest absolute Gasteiger partial charge is 0.232 e. The Bertz CT molecular complexity index is 276. The van der Waals surface area contributed by atoms with Gasteiger partial charge >= 0.3 is 0 Å². The molecule has 1 aliphatic heterocycles. The van der Waals surface area contributed by atoms with Crippen molar-refractivity contribution in [2.24, 2.45) is 5.92 Å². The predicted octanol–water partition coefficient (Wildman–Crippen LogP) is 0.950. The molecule has 2 heterocycles. The number of nitrogens with zero attached hydrogens (tertiary/aromatic N) is 2. The molecule has 2 rings (SSSR count). The highest BCUT2D eigenvalue weighted by molar-refractivity contribution is 5.78. The largest absolute Gasteiger partial charge is 0.381 e. The minimum Gasteiger partial charge on any atom is -0.381 e. The van der Waals surface area contributed by atoms with Crippen LogP contribution >= 0.6 is 0 Å². The molecule has 1 aliphatic rings. The SMILES string of the molecule is O=C(CC1CCOC1)n1ccnc1. The van der Waals surface area contributed by atoms with Crippen LogP contribution in [-0.2, 0) is 4.74 Å². The van der Waals surface area contributed by atoms with Gasteiger partial charge < -0.3 is 4.74 Å². The molecule has 0 saturated carbocycles. The number of hydrogen-bond acceptors (Lipinski definition) is 3. The lowest BCUT2D eigenvalue weighted by Gasteiger charge is -2.05. The molecule has 0 aromatic carbocycles. The molecule has 0 radical (unpaired) electrons. The number of carbonyl (C=O) groups excluding carboxylic acids is 1. The topological polar surface area (TPSA) is 44.1 Å². The minimum atomic E-state index is 0.105. The summed E-state index contributed by atoms with van der Waals surface area (Å²) in [4.78, 5) is 15.4. The normalized spacial score (nSPS) is 22.0. The number of imidazole rings is 1. The highest BCUT2D eigenvalue weighted by Crippen LogP contribution is 2.16. The molecular formula is C9H12N2O2. The fourth-order valence-electron chi connectivity index (χ4n) is 1.50. The van der Waals surface area contributed by atoms with Gasteiger partial charge in [-0.1, -0.05) is 0 Å². The number of ether oxygens (including phenoxy) is 1. The zero-order valence-corrected chi connectivity index (χ0v) is 7.35. The van der Waals surface area contributed by atoms with Crippen molar-refractivity contribution in [3.63, 3.8) is 0 Å². The van der Waals surface area contributed by atoms with Crippen molar-refractivity contribution in [3.8, 4) is 0 Å². The van der Waals surface area contributed by atoms with Crippen LogP contribution in [-0.4, -0.2) is 28.7 Å². The van der Waals surface area contributed by atoms with Gasteiger partial charge in [-0.15, -0.1) is 0 Å². The molecule has 0 aliphatic carbocycles. The van der Waals surface area contributed by atoms with Crippen LogP contribution in [0.5, 0.6) is 0 Å². The predicted molar refractivity (Wildman–Crippen MR) is 46.4 cm³/mol. The maximum atomic E-state index is 11.5. The van der Waals surface area contributed by atoms with E-state index >= 15 is 0 Å². The van der Waals surface area contributed by atoms with Gasteiger partial charge in [-0.3, -0.25) is 9.36 Å². The molecule has 13 heavy (non-hydrogen) atoms. The van der Waals surface area contributed by atoms with E-state index in [0.29, 0.717) is 12.3 Å². The minimum absolute atomic E-state index is 0.105. The third-order valence-corrected chi connectivity index (χ3v) is 2.28. The average Bonchev–Trinajstić information content (AvgIpc) is 2.74. The molecule has 1 aromatic heterocycles. The fraction of sp³-hybridized carbons (Fsp3) is 0.556. The van der Waals surface area contributed by atoms with E-state index in [4.69, 9.17) is 4.74 Å². The van der Waals surface area contributed by atoms with E-state index in [9.17, 15) is 4.79 Å². The van der Waals surface area contributed by atoms with Crippen LogP contribution in [0, 0.1) is 5.92 Å². The summed E-state index contributed by atoms with van der Waals surface area (Å²) < 4.78 is 6.72. The lowest BCUT2D eigenvalue weighted by atomic mass is 10.1. The number of carbonyl (C=O) groups is 1. The quantitative estimate of drug-likeness (QED) is 0.680. The molecular weight excluding hydrogens is 168 g/mol. The average molecular weight is 180 g/mol. The zero-order valence-electron chi connectivity index (χ0n) is 7.35. The van der Waals surface area contributed by atoms with Gasteiger partial charge in [0.1, 0.15) is 6.33 Å². The van der Waals surface area contributed by atoms with Crippen LogP contribution in [0.2, 0.25) is 0 Å². The van der Waals surface area contributed by atoms with E-state index in [2.05, 4.69) is 4.98 Å². The molecule has 0 amide bonds. The standard InChI is InChI=1S/C9H12N2O2/c12-9(11-3-2-10-7-11)5-8-1-4-13-6-8/h2-3,7-8H,1,4-6H2. The van der Waals surface area contributed by atoms with Crippen LogP contribution in [0.3, 0.4) is 0 Å². The first kappa shape index (κ1) is 8.44. The second kappa shape index (κ2) is 3.70. The van der Waals surface area contributed by atoms with E-state index < -0.39 is 0 Å². The summed E-state index contributed by atoms with van der Waals surface area (Å²) in [6.07, 6.45) is 6.40. The summed E-state index contributed by atoms with van der Waals surface area (Å²) in [7, 11) is 0. The monoisotopic (exact) mass is 180 g/mol. The molecule has 0 bridgehead atoms. The maximum Gasteiger partial charge on any atom is 0.232 e. The Morgan fingerprint density at radius 3 is 3.23 bits per heavy atom. The summed E-state index contributed by atoms with van der Waals surface area (Å²) >= 11 is 0. The van der Waals surface area contributed by atoms with Gasteiger partial charge in [0.2, 0.25) is 5.91 Å². The molecule has 1 unspecified atom stereocenters. The summed E-state index contributed by atoms with van der Waals surface area (Å²) in [6.45, 7) is 1.52. The zero-order chi connectivity index (χ0) is 9.10. The Balaban J connectivity index is 1.91. The van der Waals surface area contributed by atoms with Gasteiger partial charge in [-0.2, -0.15) is 0 Å². The number of aromatic nitrogens is 2. The van der Waals surface area contributed by atoms with Crippen molar-refractivity contribution >= 4 is 5.91 Å². The first-order valence-corrected chi connectivity index (χ1v) is 4.45. The van der Waals surface area contributed by atoms with Crippen LogP contribution in [0.4, 0.5) is 0 Å². The van der Waals surface area contributed by atoms with Crippen molar-refractivity contribution in [2.45, 2.75) is 12.8 Å². The summed E-state index contributed by atoms with van der Waals surface area (Å²) in [5, 5.41) is 0. The van der Waals surface area contributed by atoms with Crippen molar-refractivity contribution in [1.29, 1.82) is 0 Å². The summed E-state index contributed by atoms with van der Waals surface area (Å²) in [5.74, 6) is 0.503. The van der Waals surface area contributed by atoms with Gasteiger partial charge in [0, 0.05) is 32.0 Å². The Hall–Kier alpha value is -1.16. The molecule has 0 spiro atoms. The van der Waals surface area contributed by atoms with Crippen LogP contribution < -0.4 is 0 Å². The Labute approximate surface area is 76.5 Å². The summed E-state index contributed by atoms with van der Waals surface area (Å²) in [5.41, 5.74) is 0. The van der Waals surface area contributed by atoms with Gasteiger partial charge in [-0.25, -0.2) is 4.98 Å². The van der Waals surface area contributed by atoms with E-state index in [-0.39, 0.29) is 5.91 Å². The number of rotatable bonds is 2. The van der Waals surface area contributed by atoms with Gasteiger partial charge in [0.05, 0.1) is 0 Å². The highest BCUT2D eigenvalue weighted by atomic mass is 16.5. The third kappa shape index (κ3) is 1.95. The molecule has 1 atom stereocenters. The first-order valence-electron chi connectivity index (χ1n) is 4.45. The van der Waals surface area contributed by atoms with Gasteiger partial charge in [-0.05, 0) is 12.3 Å². The fourth-order valence-corrected chi connectivity index (χ4v) is 1.50. The van der Waals surface area contributed by atoms with E-state index in [0.717, 1.165) is 19.6 Å². The Morgan fingerprint density at radius 1 is 1.69 bits per heavy atom. The maximum absolute atomic E-state index is 11.5. The molecule has 4 heteroatoms. The summed E-state index contributed by atoms with van der Waals surface area (Å²) in [6, 6.07) is 0. The van der Waals surface area contributed by atoms with Gasteiger partial charge in [0.15, 0.2) is 0 Å². The number of hydrogen-bond donors (Lipinski definition) is 0. The van der Waals surface area contributed by atoms with Crippen molar-refractivity contribution < 1.29 is 9.53 Å². The van der Waals surface area contributed by atoms with Gasteiger partial charge in [0.25, 0.3) is 0 Å². The van der Waals surface area contributed by atoms with E-state index in [1.54, 1.807) is 12.4 Å². The van der Waals surface area contributed by atoms with E-state index in [1.165, 1.54) is 10.9 Å². The molecule has 1 saturated heterocycles. The Morgan fingerprint density at radius 2 is 2.62 bits per heavy atom. The van der Waals surface area contributed by atoms with Crippen molar-refractivity contribution in [1.82, 2.24) is 9.55 Å². The second-order valence-electron chi connectivity index (χ2n) is 3.30. The molecule has 1 fully saturated rings. The lowest BCUT2D eigenvalue weighted by molar-refractivity contribution is 0.0871. The highest BCUT2D eigenvalue weighted by Gasteiger charge is 2.19. The first-order chi connectivity index (χ1) is 6.36. The molecule has 1 aromatic rings. The lowest BCUT2D eigenvalue weighted by Crippen LogP contribution is -2.14. The van der Waals surface area contributed by atoms with Crippen molar-refractivity contribution in [2.75, 3.05) is 13.2 Å². The Kier molecular flexibility index (Phi) is 2.40. The second-order valence-corrected chi connectivity index (χ2v) is 3.30. The van der Waals surface area contributed by atoms with Crippen LogP contribution in [0.25, 0.3) is 0 Å². The molecule has 70 valence electrons. The van der Waals surface area contributed by atoms with Crippen LogP contribution in [0.15, 0.2) is 18.7 Å². The molecule has 4 nitrogen and oxygen atoms in total. The third-order valence-electron chi connectivity index (χ3n) is 2.28. The molecule has 0 N–H and O–H groups in total. The van der Waals surface area contributed by atoms with E-state index in [1.807, 2.05) is 0 Å². The van der Waals surface area contributed by atoms with Crippen molar-refractivity contribution in [3.05, 3.63) is 18.7 Å².